The lowest BCUT2D eigenvalue weighted by Crippen LogP contribution is -2.30. The van der Waals surface area contributed by atoms with Crippen LogP contribution >= 0.6 is 19.4 Å². The Kier molecular flexibility index (Phi) is 8.48. The van der Waals surface area contributed by atoms with Crippen LogP contribution in [-0.4, -0.2) is 44.7 Å². The Morgan fingerprint density at radius 3 is 2.17 bits per heavy atom. The van der Waals surface area contributed by atoms with Gasteiger partial charge in [-0.2, -0.15) is 0 Å². The second-order valence-corrected chi connectivity index (χ2v) is 5.43. The normalized spacial score (nSPS) is 12.6. The molecule has 0 aromatic carbocycles. The predicted octanol–water partition coefficient (Wildman–Crippen LogP) is 2.40. The van der Waals surface area contributed by atoms with E-state index in [2.05, 4.69) is 9.05 Å². The molecule has 0 saturated heterocycles. The Labute approximate surface area is 112 Å². The molecular formula is C10H19ClNO5P. The monoisotopic (exact) mass is 299 g/mol. The van der Waals surface area contributed by atoms with Gasteiger partial charge in [-0.3, -0.25) is 18.4 Å². The number of phosphoric acid groups is 1. The van der Waals surface area contributed by atoms with Crippen LogP contribution in [0.25, 0.3) is 0 Å². The summed E-state index contributed by atoms with van der Waals surface area (Å²) < 4.78 is 25.5. The Hall–Kier alpha value is -0.390. The molecule has 0 atom stereocenters. The third kappa shape index (κ3) is 5.50. The van der Waals surface area contributed by atoms with E-state index in [9.17, 15) is 9.36 Å². The van der Waals surface area contributed by atoms with Crippen LogP contribution in [0.15, 0.2) is 11.1 Å². The maximum atomic E-state index is 11.7. The van der Waals surface area contributed by atoms with Gasteiger partial charge in [0.15, 0.2) is 0 Å². The average Bonchev–Trinajstić information content (AvgIpc) is 2.39. The maximum absolute atomic E-state index is 11.7. The number of hydrogen-bond donors (Lipinski definition) is 0. The molecule has 1 amide bonds. The van der Waals surface area contributed by atoms with Gasteiger partial charge in [-0.25, -0.2) is 4.57 Å². The standard InChI is InChI=1S/C10H19ClNO5P/c1-5-12(6-2)10(13)9(11)7-8-17-18(14,15-3)16-4/h7H,5-6,8H2,1-4H3/b9-7-. The third-order valence-electron chi connectivity index (χ3n) is 2.20. The highest BCUT2D eigenvalue weighted by Crippen LogP contribution is 2.47. The van der Waals surface area contributed by atoms with Gasteiger partial charge in [-0.1, -0.05) is 11.6 Å². The lowest BCUT2D eigenvalue weighted by molar-refractivity contribution is -0.126. The fourth-order valence-corrected chi connectivity index (χ4v) is 1.93. The molecule has 8 heteroatoms. The molecule has 0 fully saturated rings. The van der Waals surface area contributed by atoms with E-state index >= 15 is 0 Å². The van der Waals surface area contributed by atoms with Crippen molar-refractivity contribution in [3.63, 3.8) is 0 Å². The van der Waals surface area contributed by atoms with Crippen molar-refractivity contribution in [1.29, 1.82) is 0 Å². The van der Waals surface area contributed by atoms with E-state index in [1.165, 1.54) is 20.3 Å². The first-order valence-electron chi connectivity index (χ1n) is 5.45. The molecule has 0 N–H and O–H groups in total. The number of phosphoric ester groups is 1. The number of amides is 1. The molecule has 106 valence electrons. The SMILES string of the molecule is CCN(CC)C(=O)/C(Cl)=C/COP(=O)(OC)OC. The van der Waals surface area contributed by atoms with Crippen molar-refractivity contribution in [2.24, 2.45) is 0 Å². The van der Waals surface area contributed by atoms with Gasteiger partial charge in [0.2, 0.25) is 0 Å². The topological polar surface area (TPSA) is 65.1 Å². The second kappa shape index (κ2) is 8.67. The summed E-state index contributed by atoms with van der Waals surface area (Å²) in [5.74, 6) is -0.296. The minimum Gasteiger partial charge on any atom is -0.338 e. The van der Waals surface area contributed by atoms with Crippen molar-refractivity contribution >= 4 is 25.3 Å². The fraction of sp³-hybridized carbons (Fsp3) is 0.700. The molecule has 0 radical (unpaired) electrons. The van der Waals surface area contributed by atoms with Crippen LogP contribution < -0.4 is 0 Å². The van der Waals surface area contributed by atoms with Gasteiger partial charge in [0.1, 0.15) is 5.03 Å². The number of likely N-dealkylation sites (N-methyl/N-ethyl adjacent to an activating group) is 1. The van der Waals surface area contributed by atoms with Gasteiger partial charge < -0.3 is 4.90 Å². The zero-order valence-corrected chi connectivity index (χ0v) is 12.7. The van der Waals surface area contributed by atoms with Crippen LogP contribution in [0.5, 0.6) is 0 Å². The summed E-state index contributed by atoms with van der Waals surface area (Å²) in [6.45, 7) is 4.70. The van der Waals surface area contributed by atoms with Crippen molar-refractivity contribution in [3.8, 4) is 0 Å². The molecule has 0 aromatic heterocycles. The number of hydrogen-bond acceptors (Lipinski definition) is 5. The molecule has 0 spiro atoms. The van der Waals surface area contributed by atoms with Crippen molar-refractivity contribution < 1.29 is 22.9 Å². The summed E-state index contributed by atoms with van der Waals surface area (Å²) in [6.07, 6.45) is 1.33. The van der Waals surface area contributed by atoms with E-state index in [1.807, 2.05) is 13.8 Å². The summed E-state index contributed by atoms with van der Waals surface area (Å²) in [6, 6.07) is 0. The molecule has 0 saturated carbocycles. The third-order valence-corrected chi connectivity index (χ3v) is 3.87. The van der Waals surface area contributed by atoms with E-state index in [0.717, 1.165) is 0 Å². The quantitative estimate of drug-likeness (QED) is 0.508. The summed E-state index contributed by atoms with van der Waals surface area (Å²) in [7, 11) is -1.12. The fourth-order valence-electron chi connectivity index (χ4n) is 1.13. The summed E-state index contributed by atoms with van der Waals surface area (Å²) >= 11 is 5.82. The first-order valence-corrected chi connectivity index (χ1v) is 7.28. The summed E-state index contributed by atoms with van der Waals surface area (Å²) in [4.78, 5) is 13.3. The zero-order valence-electron chi connectivity index (χ0n) is 11.0. The molecule has 0 unspecified atom stereocenters. The molecular weight excluding hydrogens is 281 g/mol. The smallest absolute Gasteiger partial charge is 0.338 e. The van der Waals surface area contributed by atoms with Gasteiger partial charge in [0, 0.05) is 27.3 Å². The van der Waals surface area contributed by atoms with Gasteiger partial charge in [-0.15, -0.1) is 0 Å². The van der Waals surface area contributed by atoms with Crippen LogP contribution in [0.2, 0.25) is 0 Å². The Balaban J connectivity index is 4.44. The van der Waals surface area contributed by atoms with Crippen molar-refractivity contribution in [2.45, 2.75) is 13.8 Å². The maximum Gasteiger partial charge on any atom is 0.474 e. The van der Waals surface area contributed by atoms with Crippen molar-refractivity contribution in [2.75, 3.05) is 33.9 Å². The van der Waals surface area contributed by atoms with Crippen LogP contribution in [0, 0.1) is 0 Å². The average molecular weight is 300 g/mol. The minimum absolute atomic E-state index is 0.0115. The van der Waals surface area contributed by atoms with Crippen LogP contribution in [-0.2, 0) is 22.9 Å². The predicted molar refractivity (Wildman–Crippen MR) is 69.4 cm³/mol. The molecule has 0 aliphatic carbocycles. The zero-order chi connectivity index (χ0) is 14.2. The number of carbonyl (C=O) groups is 1. The molecule has 0 heterocycles. The van der Waals surface area contributed by atoms with Gasteiger partial charge in [0.25, 0.3) is 5.91 Å². The van der Waals surface area contributed by atoms with Crippen molar-refractivity contribution in [1.82, 2.24) is 4.90 Å². The highest BCUT2D eigenvalue weighted by Gasteiger charge is 2.22. The van der Waals surface area contributed by atoms with Crippen LogP contribution in [0.4, 0.5) is 0 Å². The molecule has 18 heavy (non-hydrogen) atoms. The largest absolute Gasteiger partial charge is 0.474 e. The number of rotatable bonds is 8. The van der Waals surface area contributed by atoms with E-state index in [0.29, 0.717) is 13.1 Å². The highest BCUT2D eigenvalue weighted by atomic mass is 35.5. The van der Waals surface area contributed by atoms with Crippen molar-refractivity contribution in [3.05, 3.63) is 11.1 Å². The lowest BCUT2D eigenvalue weighted by Gasteiger charge is -2.18. The first kappa shape index (κ1) is 17.6. The van der Waals surface area contributed by atoms with Crippen LogP contribution in [0.3, 0.4) is 0 Å². The van der Waals surface area contributed by atoms with E-state index in [4.69, 9.17) is 16.1 Å². The van der Waals surface area contributed by atoms with Crippen LogP contribution in [0.1, 0.15) is 13.8 Å². The highest BCUT2D eigenvalue weighted by molar-refractivity contribution is 7.48. The molecule has 0 aliphatic heterocycles. The molecule has 0 aliphatic rings. The number of carbonyl (C=O) groups excluding carboxylic acids is 1. The summed E-state index contributed by atoms with van der Waals surface area (Å²) in [5.41, 5.74) is 0. The molecule has 6 nitrogen and oxygen atoms in total. The number of halogens is 1. The van der Waals surface area contributed by atoms with Gasteiger partial charge in [0.05, 0.1) is 6.61 Å². The second-order valence-electron chi connectivity index (χ2n) is 3.14. The van der Waals surface area contributed by atoms with E-state index < -0.39 is 7.82 Å². The Morgan fingerprint density at radius 1 is 1.28 bits per heavy atom. The molecule has 0 rings (SSSR count). The summed E-state index contributed by atoms with van der Waals surface area (Å²) in [5, 5.41) is 0.0115. The lowest BCUT2D eigenvalue weighted by atomic mass is 10.4. The van der Waals surface area contributed by atoms with E-state index in [1.54, 1.807) is 4.90 Å². The Morgan fingerprint density at radius 2 is 1.78 bits per heavy atom. The Bertz CT molecular complexity index is 335. The van der Waals surface area contributed by atoms with E-state index in [-0.39, 0.29) is 17.5 Å². The number of nitrogens with zero attached hydrogens (tertiary/aromatic N) is 1. The van der Waals surface area contributed by atoms with Gasteiger partial charge in [-0.05, 0) is 19.9 Å². The molecule has 0 aromatic rings. The first-order chi connectivity index (χ1) is 8.44. The molecule has 0 bridgehead atoms. The minimum atomic E-state index is -3.53. The van der Waals surface area contributed by atoms with Gasteiger partial charge >= 0.3 is 7.82 Å².